The molecule has 0 saturated carbocycles. The molecule has 1 N–H and O–H groups in total. The van der Waals surface area contributed by atoms with Gasteiger partial charge >= 0.3 is 0 Å². The number of nitrogens with one attached hydrogen (secondary N) is 1. The number of nitriles is 1. The van der Waals surface area contributed by atoms with Crippen LogP contribution in [0.25, 0.3) is 0 Å². The molecular weight excluding hydrogens is 349 g/mol. The van der Waals surface area contributed by atoms with Crippen LogP contribution < -0.4 is 10.2 Å². The van der Waals surface area contributed by atoms with Gasteiger partial charge in [-0.2, -0.15) is 5.26 Å². The summed E-state index contributed by atoms with van der Waals surface area (Å²) in [5.74, 6) is -0.586. The van der Waals surface area contributed by atoms with Gasteiger partial charge in [0.25, 0.3) is 5.91 Å². The monoisotopic (exact) mass is 367 g/mol. The van der Waals surface area contributed by atoms with Crippen LogP contribution in [-0.2, 0) is 4.79 Å². The highest BCUT2D eigenvalue weighted by Gasteiger charge is 2.23. The van der Waals surface area contributed by atoms with Crippen molar-refractivity contribution in [1.29, 1.82) is 5.26 Å². The van der Waals surface area contributed by atoms with Crippen molar-refractivity contribution in [3.8, 4) is 6.07 Å². The first-order chi connectivity index (χ1) is 13.1. The molecule has 1 aromatic heterocycles. The lowest BCUT2D eigenvalue weighted by molar-refractivity contribution is -0.130. The molecule has 0 unspecified atom stereocenters. The quantitative estimate of drug-likeness (QED) is 0.876. The van der Waals surface area contributed by atoms with E-state index in [1.807, 2.05) is 4.90 Å². The van der Waals surface area contributed by atoms with Gasteiger partial charge in [0, 0.05) is 37.9 Å². The topological polar surface area (TPSA) is 89.3 Å². The second-order valence-corrected chi connectivity index (χ2v) is 6.05. The highest BCUT2D eigenvalue weighted by Crippen LogP contribution is 2.18. The Morgan fingerprint density at radius 2 is 1.96 bits per heavy atom. The third-order valence-corrected chi connectivity index (χ3v) is 4.33. The molecule has 1 saturated heterocycles. The SMILES string of the molecule is N#Cc1cccnc1N1CCN(C(=O)CNC(=O)c2cccc(F)c2)CC1. The van der Waals surface area contributed by atoms with Crippen molar-refractivity contribution in [3.05, 3.63) is 59.5 Å². The number of rotatable bonds is 4. The van der Waals surface area contributed by atoms with Gasteiger partial charge in [-0.05, 0) is 30.3 Å². The number of hydrogen-bond acceptors (Lipinski definition) is 5. The van der Waals surface area contributed by atoms with Crippen LogP contribution in [0, 0.1) is 17.1 Å². The van der Waals surface area contributed by atoms with Gasteiger partial charge in [-0.15, -0.1) is 0 Å². The zero-order valence-corrected chi connectivity index (χ0v) is 14.6. The van der Waals surface area contributed by atoms with E-state index in [1.54, 1.807) is 23.2 Å². The molecule has 1 aliphatic rings. The number of halogens is 1. The fourth-order valence-electron chi connectivity index (χ4n) is 2.90. The molecule has 3 rings (SSSR count). The zero-order valence-electron chi connectivity index (χ0n) is 14.6. The average molecular weight is 367 g/mol. The molecule has 8 heteroatoms. The summed E-state index contributed by atoms with van der Waals surface area (Å²) in [6.07, 6.45) is 1.63. The predicted molar refractivity (Wildman–Crippen MR) is 96.5 cm³/mol. The lowest BCUT2D eigenvalue weighted by atomic mass is 10.2. The number of nitrogens with zero attached hydrogens (tertiary/aromatic N) is 4. The molecular formula is C19H18FN5O2. The fraction of sp³-hybridized carbons (Fsp3) is 0.263. The van der Waals surface area contributed by atoms with Crippen LogP contribution >= 0.6 is 0 Å². The first-order valence-electron chi connectivity index (χ1n) is 8.50. The Morgan fingerprint density at radius 1 is 1.19 bits per heavy atom. The lowest BCUT2D eigenvalue weighted by Gasteiger charge is -2.35. The minimum Gasteiger partial charge on any atom is -0.352 e. The Bertz CT molecular complexity index is 888. The molecule has 1 aliphatic heterocycles. The fourth-order valence-corrected chi connectivity index (χ4v) is 2.90. The molecule has 2 aromatic rings. The minimum absolute atomic E-state index is 0.150. The van der Waals surface area contributed by atoms with Gasteiger partial charge in [-0.1, -0.05) is 6.07 Å². The van der Waals surface area contributed by atoms with Crippen LogP contribution in [0.5, 0.6) is 0 Å². The van der Waals surface area contributed by atoms with Crippen molar-refractivity contribution < 1.29 is 14.0 Å². The van der Waals surface area contributed by atoms with Crippen molar-refractivity contribution in [1.82, 2.24) is 15.2 Å². The van der Waals surface area contributed by atoms with Crippen LogP contribution in [0.3, 0.4) is 0 Å². The lowest BCUT2D eigenvalue weighted by Crippen LogP contribution is -2.51. The van der Waals surface area contributed by atoms with Crippen molar-refractivity contribution in [2.24, 2.45) is 0 Å². The van der Waals surface area contributed by atoms with E-state index < -0.39 is 11.7 Å². The number of amides is 2. The summed E-state index contributed by atoms with van der Waals surface area (Å²) >= 11 is 0. The summed E-state index contributed by atoms with van der Waals surface area (Å²) in [5, 5.41) is 11.7. The maximum atomic E-state index is 13.2. The normalized spacial score (nSPS) is 13.8. The Balaban J connectivity index is 1.51. The number of hydrogen-bond donors (Lipinski definition) is 1. The first kappa shape index (κ1) is 18.3. The Kier molecular flexibility index (Phi) is 5.61. The second kappa shape index (κ2) is 8.27. The molecule has 2 heterocycles. The van der Waals surface area contributed by atoms with E-state index in [4.69, 9.17) is 0 Å². The van der Waals surface area contributed by atoms with E-state index in [9.17, 15) is 19.2 Å². The Hall–Kier alpha value is -3.47. The molecule has 0 spiro atoms. The summed E-state index contributed by atoms with van der Waals surface area (Å²) in [5.41, 5.74) is 0.673. The molecule has 0 radical (unpaired) electrons. The zero-order chi connectivity index (χ0) is 19.2. The van der Waals surface area contributed by atoms with Gasteiger partial charge in [0.05, 0.1) is 12.1 Å². The van der Waals surface area contributed by atoms with Crippen LogP contribution in [0.15, 0.2) is 42.6 Å². The maximum Gasteiger partial charge on any atom is 0.251 e. The maximum absolute atomic E-state index is 13.2. The average Bonchev–Trinajstić information content (AvgIpc) is 2.71. The first-order valence-corrected chi connectivity index (χ1v) is 8.50. The van der Waals surface area contributed by atoms with Crippen LogP contribution in [0.2, 0.25) is 0 Å². The van der Waals surface area contributed by atoms with Gasteiger partial charge in [-0.25, -0.2) is 9.37 Å². The second-order valence-electron chi connectivity index (χ2n) is 6.05. The smallest absolute Gasteiger partial charge is 0.251 e. The van der Waals surface area contributed by atoms with E-state index >= 15 is 0 Å². The number of anilines is 1. The number of aromatic nitrogens is 1. The van der Waals surface area contributed by atoms with E-state index in [1.165, 1.54) is 18.2 Å². The summed E-state index contributed by atoms with van der Waals surface area (Å²) in [6.45, 7) is 1.89. The summed E-state index contributed by atoms with van der Waals surface area (Å²) < 4.78 is 13.2. The molecule has 27 heavy (non-hydrogen) atoms. The largest absolute Gasteiger partial charge is 0.352 e. The number of carbonyl (C=O) groups excluding carboxylic acids is 2. The number of carbonyl (C=O) groups is 2. The molecule has 7 nitrogen and oxygen atoms in total. The minimum atomic E-state index is -0.503. The highest BCUT2D eigenvalue weighted by molar-refractivity contribution is 5.96. The Labute approximate surface area is 156 Å². The van der Waals surface area contributed by atoms with Crippen molar-refractivity contribution in [2.45, 2.75) is 0 Å². The summed E-state index contributed by atoms with van der Waals surface area (Å²) in [4.78, 5) is 32.2. The van der Waals surface area contributed by atoms with Gasteiger partial charge in [0.15, 0.2) is 0 Å². The third-order valence-electron chi connectivity index (χ3n) is 4.33. The molecule has 0 atom stereocenters. The summed E-state index contributed by atoms with van der Waals surface area (Å²) in [7, 11) is 0. The van der Waals surface area contributed by atoms with Gasteiger partial charge in [0.1, 0.15) is 17.7 Å². The van der Waals surface area contributed by atoms with Crippen LogP contribution in [0.1, 0.15) is 15.9 Å². The standard InChI is InChI=1S/C19H18FN5O2/c20-16-5-1-3-14(11-16)19(27)23-13-17(26)24-7-9-25(10-8-24)18-15(12-21)4-2-6-22-18/h1-6,11H,7-10,13H2,(H,23,27). The van der Waals surface area contributed by atoms with Crippen molar-refractivity contribution in [2.75, 3.05) is 37.6 Å². The molecule has 1 aromatic carbocycles. The van der Waals surface area contributed by atoms with Gasteiger partial charge in [0.2, 0.25) is 5.91 Å². The molecule has 2 amide bonds. The van der Waals surface area contributed by atoms with Crippen LogP contribution in [0.4, 0.5) is 10.2 Å². The van der Waals surface area contributed by atoms with Crippen molar-refractivity contribution in [3.63, 3.8) is 0 Å². The molecule has 1 fully saturated rings. The molecule has 0 aliphatic carbocycles. The van der Waals surface area contributed by atoms with E-state index in [0.29, 0.717) is 37.6 Å². The van der Waals surface area contributed by atoms with Crippen LogP contribution in [-0.4, -0.2) is 54.4 Å². The van der Waals surface area contributed by atoms with Gasteiger partial charge in [-0.3, -0.25) is 9.59 Å². The number of piperazine rings is 1. The third kappa shape index (κ3) is 4.39. The van der Waals surface area contributed by atoms with E-state index in [0.717, 1.165) is 6.07 Å². The van der Waals surface area contributed by atoms with Crippen molar-refractivity contribution >= 4 is 17.6 Å². The molecule has 0 bridgehead atoms. The summed E-state index contributed by atoms with van der Waals surface area (Å²) in [6, 6.07) is 10.8. The predicted octanol–water partition coefficient (Wildman–Crippen LogP) is 1.17. The van der Waals surface area contributed by atoms with E-state index in [-0.39, 0.29) is 18.0 Å². The van der Waals surface area contributed by atoms with E-state index in [2.05, 4.69) is 16.4 Å². The Morgan fingerprint density at radius 3 is 2.67 bits per heavy atom. The van der Waals surface area contributed by atoms with Gasteiger partial charge < -0.3 is 15.1 Å². The number of benzene rings is 1. The molecule has 138 valence electrons. The highest BCUT2D eigenvalue weighted by atomic mass is 19.1. The number of pyridine rings is 1.